The maximum atomic E-state index is 12.3. The van der Waals surface area contributed by atoms with Crippen molar-refractivity contribution in [3.63, 3.8) is 0 Å². The lowest BCUT2D eigenvalue weighted by atomic mass is 10.1. The van der Waals surface area contributed by atoms with E-state index in [1.807, 2.05) is 13.0 Å². The molecule has 9 heteroatoms. The molecule has 4 N–H and O–H groups in total. The summed E-state index contributed by atoms with van der Waals surface area (Å²) in [6, 6.07) is 10.3. The lowest BCUT2D eigenvalue weighted by Gasteiger charge is -2.12. The van der Waals surface area contributed by atoms with Crippen LogP contribution in [-0.2, 0) is 0 Å². The number of aromatic amines is 3. The van der Waals surface area contributed by atoms with E-state index in [2.05, 4.69) is 19.9 Å². The van der Waals surface area contributed by atoms with Gasteiger partial charge in [0.2, 0.25) is 5.88 Å². The van der Waals surface area contributed by atoms with E-state index in [9.17, 15) is 19.5 Å². The van der Waals surface area contributed by atoms with Crippen molar-refractivity contribution in [2.45, 2.75) is 13.8 Å². The highest BCUT2D eigenvalue weighted by atomic mass is 16.3. The van der Waals surface area contributed by atoms with Gasteiger partial charge >= 0.3 is 11.4 Å². The Labute approximate surface area is 163 Å². The molecular formula is C20H17N5O4. The highest BCUT2D eigenvalue weighted by molar-refractivity contribution is 5.86. The fourth-order valence-corrected chi connectivity index (χ4v) is 3.17. The smallest absolute Gasteiger partial charge is 0.335 e. The summed E-state index contributed by atoms with van der Waals surface area (Å²) in [4.78, 5) is 47.6. The number of hydrogen-bond acceptors (Lipinski definition) is 5. The second kappa shape index (κ2) is 6.79. The number of fused-ring (bicyclic) bond motifs is 1. The van der Waals surface area contributed by atoms with Crippen LogP contribution in [0.3, 0.4) is 0 Å². The van der Waals surface area contributed by atoms with Crippen LogP contribution in [0.5, 0.6) is 5.88 Å². The van der Waals surface area contributed by atoms with E-state index < -0.39 is 17.1 Å². The van der Waals surface area contributed by atoms with Crippen molar-refractivity contribution in [1.82, 2.24) is 19.5 Å². The molecule has 2 aromatic carbocycles. The Balaban J connectivity index is 1.83. The van der Waals surface area contributed by atoms with Gasteiger partial charge in [-0.25, -0.2) is 14.2 Å². The minimum atomic E-state index is -0.756. The number of aryl methyl sites for hydroxylation is 2. The van der Waals surface area contributed by atoms with Crippen LogP contribution in [0.2, 0.25) is 0 Å². The molecule has 0 bridgehead atoms. The molecule has 0 aliphatic carbocycles. The number of aromatic hydroxyl groups is 1. The minimum absolute atomic E-state index is 0.160. The van der Waals surface area contributed by atoms with Crippen LogP contribution in [0.15, 0.2) is 55.8 Å². The Bertz CT molecular complexity index is 1450. The molecule has 2 aromatic heterocycles. The van der Waals surface area contributed by atoms with Crippen LogP contribution in [0.25, 0.3) is 16.7 Å². The Morgan fingerprint density at radius 1 is 0.966 bits per heavy atom. The molecule has 29 heavy (non-hydrogen) atoms. The van der Waals surface area contributed by atoms with Crippen molar-refractivity contribution in [3.8, 4) is 11.6 Å². The molecule has 0 aliphatic heterocycles. The molecule has 146 valence electrons. The Morgan fingerprint density at radius 2 is 1.72 bits per heavy atom. The first-order chi connectivity index (χ1) is 13.8. The number of imidazole rings is 1. The zero-order chi connectivity index (χ0) is 20.7. The zero-order valence-corrected chi connectivity index (χ0v) is 15.6. The van der Waals surface area contributed by atoms with Gasteiger partial charge < -0.3 is 15.1 Å². The fraction of sp³-hybridized carbons (Fsp3) is 0.100. The molecule has 9 nitrogen and oxygen atoms in total. The van der Waals surface area contributed by atoms with E-state index in [-0.39, 0.29) is 11.3 Å². The topological polar surface area (TPSA) is 136 Å². The number of aromatic nitrogens is 4. The van der Waals surface area contributed by atoms with Crippen LogP contribution >= 0.6 is 0 Å². The molecule has 0 unspecified atom stereocenters. The normalized spacial score (nSPS) is 11.5. The third-order valence-electron chi connectivity index (χ3n) is 4.56. The Morgan fingerprint density at radius 3 is 2.48 bits per heavy atom. The lowest BCUT2D eigenvalue weighted by molar-refractivity contribution is 0.430. The Kier molecular flexibility index (Phi) is 4.27. The van der Waals surface area contributed by atoms with Crippen LogP contribution in [0.4, 0.5) is 5.69 Å². The van der Waals surface area contributed by atoms with Crippen molar-refractivity contribution in [1.29, 1.82) is 0 Å². The second-order valence-electron chi connectivity index (χ2n) is 6.69. The predicted molar refractivity (Wildman–Crippen MR) is 110 cm³/mol. The van der Waals surface area contributed by atoms with Gasteiger partial charge in [-0.15, -0.1) is 0 Å². The quantitative estimate of drug-likeness (QED) is 0.396. The van der Waals surface area contributed by atoms with Gasteiger partial charge in [-0.1, -0.05) is 17.7 Å². The predicted octanol–water partition coefficient (Wildman–Crippen LogP) is 1.77. The van der Waals surface area contributed by atoms with Crippen molar-refractivity contribution in [2.75, 3.05) is 0 Å². The molecule has 0 saturated heterocycles. The molecule has 0 saturated carbocycles. The van der Waals surface area contributed by atoms with Crippen LogP contribution in [0.1, 0.15) is 16.7 Å². The first kappa shape index (κ1) is 18.2. The third-order valence-corrected chi connectivity index (χ3v) is 4.56. The molecule has 0 fully saturated rings. The SMILES string of the molecule is Cc1ccc(-n2c(O)c(C=Nc3ccc4[nH]c(=O)[nH]c4c3)c(=O)[nH]c2=O)c(C)c1. The van der Waals surface area contributed by atoms with E-state index in [0.29, 0.717) is 22.4 Å². The summed E-state index contributed by atoms with van der Waals surface area (Å²) in [6.07, 6.45) is 1.18. The van der Waals surface area contributed by atoms with Gasteiger partial charge in [0.05, 0.1) is 22.4 Å². The summed E-state index contributed by atoms with van der Waals surface area (Å²) in [6.45, 7) is 3.72. The molecule has 0 spiro atoms. The molecule has 0 amide bonds. The summed E-state index contributed by atoms with van der Waals surface area (Å²) in [7, 11) is 0. The minimum Gasteiger partial charge on any atom is -0.493 e. The average molecular weight is 391 g/mol. The van der Waals surface area contributed by atoms with Crippen LogP contribution in [-0.4, -0.2) is 30.8 Å². The van der Waals surface area contributed by atoms with Crippen molar-refractivity contribution >= 4 is 22.9 Å². The van der Waals surface area contributed by atoms with Crippen LogP contribution in [0, 0.1) is 13.8 Å². The van der Waals surface area contributed by atoms with Gasteiger partial charge in [0.15, 0.2) is 0 Å². The van der Waals surface area contributed by atoms with Gasteiger partial charge in [0.25, 0.3) is 5.56 Å². The van der Waals surface area contributed by atoms with Gasteiger partial charge in [-0.3, -0.25) is 14.8 Å². The van der Waals surface area contributed by atoms with Crippen molar-refractivity contribution in [2.24, 2.45) is 4.99 Å². The number of nitrogens with one attached hydrogen (secondary N) is 3. The lowest BCUT2D eigenvalue weighted by Crippen LogP contribution is -2.31. The highest BCUT2D eigenvalue weighted by Gasteiger charge is 2.15. The number of H-pyrrole nitrogens is 3. The van der Waals surface area contributed by atoms with Crippen molar-refractivity contribution < 1.29 is 5.11 Å². The molecule has 0 atom stereocenters. The number of rotatable bonds is 3. The largest absolute Gasteiger partial charge is 0.493 e. The first-order valence-electron chi connectivity index (χ1n) is 8.75. The van der Waals surface area contributed by atoms with E-state index in [1.165, 1.54) is 6.21 Å². The summed E-state index contributed by atoms with van der Waals surface area (Å²) in [5, 5.41) is 10.6. The number of benzene rings is 2. The fourth-order valence-electron chi connectivity index (χ4n) is 3.17. The van der Waals surface area contributed by atoms with Gasteiger partial charge in [-0.05, 0) is 43.7 Å². The third kappa shape index (κ3) is 3.29. The number of aliphatic imine (C=N–C) groups is 1. The Hall–Kier alpha value is -4.14. The van der Waals surface area contributed by atoms with Gasteiger partial charge in [0.1, 0.15) is 5.56 Å². The zero-order valence-electron chi connectivity index (χ0n) is 15.6. The highest BCUT2D eigenvalue weighted by Crippen LogP contribution is 2.21. The molecule has 2 heterocycles. The summed E-state index contributed by atoms with van der Waals surface area (Å²) in [5.41, 5.74) is 1.86. The molecular weight excluding hydrogens is 374 g/mol. The molecule has 0 radical (unpaired) electrons. The van der Waals surface area contributed by atoms with E-state index in [1.54, 1.807) is 37.3 Å². The summed E-state index contributed by atoms with van der Waals surface area (Å²) < 4.78 is 1.03. The average Bonchev–Trinajstić information content (AvgIpc) is 3.02. The standard InChI is InChI=1S/C20H17N5O4/c1-10-3-6-16(11(2)7-10)25-18(27)13(17(26)24-20(25)29)9-21-12-4-5-14-15(8-12)23-19(28)22-14/h3-9,27H,1-2H3,(H2,22,23,28)(H,24,26,29). The molecule has 4 rings (SSSR count). The van der Waals surface area contributed by atoms with Crippen LogP contribution < -0.4 is 16.9 Å². The summed E-state index contributed by atoms with van der Waals surface area (Å²) in [5.74, 6) is -0.509. The molecule has 0 aliphatic rings. The summed E-state index contributed by atoms with van der Waals surface area (Å²) >= 11 is 0. The maximum Gasteiger partial charge on any atom is 0.335 e. The van der Waals surface area contributed by atoms with E-state index in [4.69, 9.17) is 0 Å². The molecule has 4 aromatic rings. The first-order valence-corrected chi connectivity index (χ1v) is 8.75. The second-order valence-corrected chi connectivity index (χ2v) is 6.69. The number of nitrogens with zero attached hydrogens (tertiary/aromatic N) is 2. The van der Waals surface area contributed by atoms with Gasteiger partial charge in [-0.2, -0.15) is 0 Å². The van der Waals surface area contributed by atoms with E-state index in [0.717, 1.165) is 15.7 Å². The van der Waals surface area contributed by atoms with Crippen molar-refractivity contribution in [3.05, 3.63) is 84.4 Å². The van der Waals surface area contributed by atoms with Gasteiger partial charge in [0, 0.05) is 6.21 Å². The number of hydrogen-bond donors (Lipinski definition) is 4. The monoisotopic (exact) mass is 391 g/mol. The van der Waals surface area contributed by atoms with E-state index >= 15 is 0 Å². The maximum absolute atomic E-state index is 12.3.